The lowest BCUT2D eigenvalue weighted by Crippen LogP contribution is -2.16. The van der Waals surface area contributed by atoms with E-state index in [9.17, 15) is 4.79 Å². The highest BCUT2D eigenvalue weighted by atomic mass is 79.9. The van der Waals surface area contributed by atoms with Crippen molar-refractivity contribution < 1.29 is 9.53 Å². The molecule has 0 fully saturated rings. The van der Waals surface area contributed by atoms with Gasteiger partial charge >= 0.3 is 0 Å². The second kappa shape index (κ2) is 6.20. The van der Waals surface area contributed by atoms with Crippen LogP contribution in [0, 0.1) is 11.8 Å². The van der Waals surface area contributed by atoms with Crippen molar-refractivity contribution >= 4 is 21.7 Å². The SMILES string of the molecule is CCOc1ccc(C(=O)C(C)C(C)C)cc1Br. The van der Waals surface area contributed by atoms with E-state index in [4.69, 9.17) is 4.74 Å². The van der Waals surface area contributed by atoms with Crippen LogP contribution in [0.25, 0.3) is 0 Å². The molecule has 0 saturated heterocycles. The zero-order valence-electron chi connectivity index (χ0n) is 10.8. The van der Waals surface area contributed by atoms with Gasteiger partial charge in [-0.25, -0.2) is 0 Å². The second-order valence-electron chi connectivity index (χ2n) is 4.48. The Labute approximate surface area is 111 Å². The smallest absolute Gasteiger partial charge is 0.165 e. The van der Waals surface area contributed by atoms with E-state index < -0.39 is 0 Å². The van der Waals surface area contributed by atoms with Gasteiger partial charge in [-0.15, -0.1) is 0 Å². The van der Waals surface area contributed by atoms with Crippen LogP contribution in [0.2, 0.25) is 0 Å². The monoisotopic (exact) mass is 298 g/mol. The van der Waals surface area contributed by atoms with Gasteiger partial charge in [0.1, 0.15) is 5.75 Å². The number of halogens is 1. The standard InChI is InChI=1S/C14H19BrO2/c1-5-17-13-7-6-11(8-12(13)15)14(16)10(4)9(2)3/h6-10H,5H2,1-4H3. The fourth-order valence-electron chi connectivity index (χ4n) is 1.49. The first-order valence-electron chi connectivity index (χ1n) is 5.94. The molecule has 1 aromatic carbocycles. The zero-order chi connectivity index (χ0) is 13.0. The molecule has 1 rings (SSSR count). The zero-order valence-corrected chi connectivity index (χ0v) is 12.4. The molecule has 0 saturated carbocycles. The Morgan fingerprint density at radius 2 is 2.00 bits per heavy atom. The molecular weight excluding hydrogens is 280 g/mol. The molecule has 2 nitrogen and oxygen atoms in total. The quantitative estimate of drug-likeness (QED) is 0.757. The molecule has 0 spiro atoms. The van der Waals surface area contributed by atoms with Crippen molar-refractivity contribution in [3.05, 3.63) is 28.2 Å². The van der Waals surface area contributed by atoms with Crippen molar-refractivity contribution in [3.8, 4) is 5.75 Å². The van der Waals surface area contributed by atoms with E-state index in [2.05, 4.69) is 29.8 Å². The highest BCUT2D eigenvalue weighted by Gasteiger charge is 2.19. The van der Waals surface area contributed by atoms with Crippen molar-refractivity contribution in [3.63, 3.8) is 0 Å². The molecule has 0 heterocycles. The Hall–Kier alpha value is -0.830. The number of rotatable bonds is 5. The molecule has 1 unspecified atom stereocenters. The van der Waals surface area contributed by atoms with Crippen LogP contribution in [-0.2, 0) is 0 Å². The maximum atomic E-state index is 12.1. The summed E-state index contributed by atoms with van der Waals surface area (Å²) >= 11 is 3.43. The summed E-state index contributed by atoms with van der Waals surface area (Å²) in [6, 6.07) is 5.51. The van der Waals surface area contributed by atoms with Crippen molar-refractivity contribution in [1.82, 2.24) is 0 Å². The molecule has 94 valence electrons. The average molecular weight is 299 g/mol. The van der Waals surface area contributed by atoms with Crippen LogP contribution in [0.15, 0.2) is 22.7 Å². The molecular formula is C14H19BrO2. The maximum absolute atomic E-state index is 12.1. The first-order valence-corrected chi connectivity index (χ1v) is 6.73. The van der Waals surface area contributed by atoms with Gasteiger partial charge in [0.15, 0.2) is 5.78 Å². The number of ether oxygens (including phenoxy) is 1. The highest BCUT2D eigenvalue weighted by Crippen LogP contribution is 2.27. The Morgan fingerprint density at radius 1 is 1.35 bits per heavy atom. The summed E-state index contributed by atoms with van der Waals surface area (Å²) in [6.45, 7) is 8.65. The van der Waals surface area contributed by atoms with Gasteiger partial charge < -0.3 is 4.74 Å². The molecule has 1 atom stereocenters. The lowest BCUT2D eigenvalue weighted by Gasteiger charge is -2.15. The summed E-state index contributed by atoms with van der Waals surface area (Å²) in [5.41, 5.74) is 0.738. The van der Waals surface area contributed by atoms with E-state index in [1.165, 1.54) is 0 Å². The summed E-state index contributed by atoms with van der Waals surface area (Å²) in [5.74, 6) is 1.36. The molecule has 0 bridgehead atoms. The predicted molar refractivity (Wildman–Crippen MR) is 73.6 cm³/mol. The van der Waals surface area contributed by atoms with Crippen LogP contribution in [0.5, 0.6) is 5.75 Å². The van der Waals surface area contributed by atoms with Crippen molar-refractivity contribution in [2.45, 2.75) is 27.7 Å². The molecule has 0 aliphatic heterocycles. The summed E-state index contributed by atoms with van der Waals surface area (Å²) in [4.78, 5) is 12.1. The second-order valence-corrected chi connectivity index (χ2v) is 5.33. The van der Waals surface area contributed by atoms with E-state index in [1.807, 2.05) is 32.0 Å². The fourth-order valence-corrected chi connectivity index (χ4v) is 1.99. The van der Waals surface area contributed by atoms with Crippen LogP contribution in [0.4, 0.5) is 0 Å². The van der Waals surface area contributed by atoms with Gasteiger partial charge in [0.05, 0.1) is 11.1 Å². The summed E-state index contributed by atoms with van der Waals surface area (Å²) < 4.78 is 6.26. The van der Waals surface area contributed by atoms with E-state index in [0.29, 0.717) is 12.5 Å². The van der Waals surface area contributed by atoms with Gasteiger partial charge in [0, 0.05) is 11.5 Å². The number of hydrogen-bond acceptors (Lipinski definition) is 2. The van der Waals surface area contributed by atoms with Gasteiger partial charge in [-0.05, 0) is 47.0 Å². The Bertz CT molecular complexity index is 399. The minimum atomic E-state index is 0.0415. The Morgan fingerprint density at radius 3 is 2.47 bits per heavy atom. The third-order valence-corrected chi connectivity index (χ3v) is 3.55. The Kier molecular flexibility index (Phi) is 5.19. The number of carbonyl (C=O) groups is 1. The number of carbonyl (C=O) groups excluding carboxylic acids is 1. The molecule has 0 amide bonds. The lowest BCUT2D eigenvalue weighted by atomic mass is 9.90. The third-order valence-electron chi connectivity index (χ3n) is 2.93. The minimum absolute atomic E-state index is 0.0415. The molecule has 0 radical (unpaired) electrons. The van der Waals surface area contributed by atoms with Gasteiger partial charge in [-0.3, -0.25) is 4.79 Å². The van der Waals surface area contributed by atoms with E-state index in [1.54, 1.807) is 0 Å². The van der Waals surface area contributed by atoms with Gasteiger partial charge in [0.25, 0.3) is 0 Å². The Balaban J connectivity index is 2.93. The maximum Gasteiger partial charge on any atom is 0.165 e. The predicted octanol–water partition coefficient (Wildman–Crippen LogP) is 4.32. The number of benzene rings is 1. The largest absolute Gasteiger partial charge is 0.493 e. The summed E-state index contributed by atoms with van der Waals surface area (Å²) in [7, 11) is 0. The number of Topliss-reactive ketones (excluding diaryl/α,β-unsaturated/α-hetero) is 1. The molecule has 3 heteroatoms. The number of ketones is 1. The van der Waals surface area contributed by atoms with Crippen molar-refractivity contribution in [1.29, 1.82) is 0 Å². The third kappa shape index (κ3) is 3.56. The first kappa shape index (κ1) is 14.2. The molecule has 0 aliphatic rings. The van der Waals surface area contributed by atoms with Gasteiger partial charge in [0.2, 0.25) is 0 Å². The summed E-state index contributed by atoms with van der Waals surface area (Å²) in [6.07, 6.45) is 0. The van der Waals surface area contributed by atoms with E-state index in [0.717, 1.165) is 15.8 Å². The lowest BCUT2D eigenvalue weighted by molar-refractivity contribution is 0.0899. The average Bonchev–Trinajstić information content (AvgIpc) is 2.30. The minimum Gasteiger partial charge on any atom is -0.493 e. The molecule has 0 N–H and O–H groups in total. The normalized spacial score (nSPS) is 12.6. The van der Waals surface area contributed by atoms with Crippen LogP contribution in [0.3, 0.4) is 0 Å². The summed E-state index contributed by atoms with van der Waals surface area (Å²) in [5, 5.41) is 0. The highest BCUT2D eigenvalue weighted by molar-refractivity contribution is 9.10. The first-order chi connectivity index (χ1) is 7.97. The van der Waals surface area contributed by atoms with Crippen LogP contribution >= 0.6 is 15.9 Å². The van der Waals surface area contributed by atoms with Crippen LogP contribution in [0.1, 0.15) is 38.1 Å². The molecule has 0 aliphatic carbocycles. The molecule has 17 heavy (non-hydrogen) atoms. The van der Waals surface area contributed by atoms with Crippen LogP contribution in [-0.4, -0.2) is 12.4 Å². The van der Waals surface area contributed by atoms with E-state index in [-0.39, 0.29) is 11.7 Å². The van der Waals surface area contributed by atoms with Gasteiger partial charge in [-0.1, -0.05) is 20.8 Å². The van der Waals surface area contributed by atoms with Crippen molar-refractivity contribution in [2.75, 3.05) is 6.61 Å². The molecule has 0 aromatic heterocycles. The number of hydrogen-bond donors (Lipinski definition) is 0. The topological polar surface area (TPSA) is 26.3 Å². The van der Waals surface area contributed by atoms with Crippen molar-refractivity contribution in [2.24, 2.45) is 11.8 Å². The van der Waals surface area contributed by atoms with Crippen LogP contribution < -0.4 is 4.74 Å². The van der Waals surface area contributed by atoms with Gasteiger partial charge in [-0.2, -0.15) is 0 Å². The fraction of sp³-hybridized carbons (Fsp3) is 0.500. The van der Waals surface area contributed by atoms with E-state index >= 15 is 0 Å². The molecule has 1 aromatic rings.